The maximum atomic E-state index is 5.79. The van der Waals surface area contributed by atoms with Crippen LogP contribution in [0.2, 0.25) is 0 Å². The molecule has 1 saturated heterocycles. The first-order valence-corrected chi connectivity index (χ1v) is 8.11. The van der Waals surface area contributed by atoms with Gasteiger partial charge in [-0.3, -0.25) is 4.99 Å². The Morgan fingerprint density at radius 1 is 1.50 bits per heavy atom. The molecule has 1 unspecified atom stereocenters. The molecule has 0 aromatic carbocycles. The van der Waals surface area contributed by atoms with Crippen molar-refractivity contribution in [1.29, 1.82) is 0 Å². The van der Waals surface area contributed by atoms with Crippen LogP contribution < -0.4 is 10.6 Å². The first-order chi connectivity index (χ1) is 10.5. The number of aliphatic imine (C=N–C) groups is 1. The lowest BCUT2D eigenvalue weighted by molar-refractivity contribution is 0.0243. The van der Waals surface area contributed by atoms with E-state index in [4.69, 9.17) is 4.74 Å². The summed E-state index contributed by atoms with van der Waals surface area (Å²) in [4.78, 5) is 8.69. The summed E-state index contributed by atoms with van der Waals surface area (Å²) in [5.74, 6) is 2.42. The summed E-state index contributed by atoms with van der Waals surface area (Å²) in [6.07, 6.45) is 6.11. The molecule has 1 atom stereocenters. The number of guanidine groups is 1. The van der Waals surface area contributed by atoms with E-state index in [0.29, 0.717) is 12.5 Å². The topological polar surface area (TPSA) is 63.5 Å². The molecule has 2 N–H and O–H groups in total. The van der Waals surface area contributed by atoms with E-state index < -0.39 is 0 Å². The van der Waals surface area contributed by atoms with E-state index in [2.05, 4.69) is 45.9 Å². The molecule has 0 aliphatic carbocycles. The van der Waals surface area contributed by atoms with Crippen molar-refractivity contribution >= 4 is 5.96 Å². The lowest BCUT2D eigenvalue weighted by Crippen LogP contribution is -2.45. The summed E-state index contributed by atoms with van der Waals surface area (Å²) in [6.45, 7) is 9.84. The van der Waals surface area contributed by atoms with Gasteiger partial charge in [0.1, 0.15) is 5.82 Å². The van der Waals surface area contributed by atoms with E-state index in [9.17, 15) is 0 Å². The largest absolute Gasteiger partial charge is 0.373 e. The highest BCUT2D eigenvalue weighted by molar-refractivity contribution is 5.79. The third-order valence-electron chi connectivity index (χ3n) is 3.93. The van der Waals surface area contributed by atoms with E-state index in [0.717, 1.165) is 44.3 Å². The van der Waals surface area contributed by atoms with Gasteiger partial charge in [0.2, 0.25) is 0 Å². The first kappa shape index (κ1) is 16.8. The molecule has 2 heterocycles. The highest BCUT2D eigenvalue weighted by Gasteiger charge is 2.29. The van der Waals surface area contributed by atoms with Gasteiger partial charge < -0.3 is 19.9 Å². The van der Waals surface area contributed by atoms with Gasteiger partial charge in [0.15, 0.2) is 5.96 Å². The van der Waals surface area contributed by atoms with Crippen molar-refractivity contribution in [2.75, 3.05) is 20.2 Å². The predicted molar refractivity (Wildman–Crippen MR) is 88.9 cm³/mol. The van der Waals surface area contributed by atoms with E-state index >= 15 is 0 Å². The Hall–Kier alpha value is -1.56. The zero-order chi connectivity index (χ0) is 16.0. The van der Waals surface area contributed by atoms with Gasteiger partial charge in [-0.25, -0.2) is 4.98 Å². The molecule has 1 aliphatic rings. The summed E-state index contributed by atoms with van der Waals surface area (Å²) < 4.78 is 7.97. The molecule has 1 aliphatic heterocycles. The summed E-state index contributed by atoms with van der Waals surface area (Å²) in [6, 6.07) is 0. The van der Waals surface area contributed by atoms with Crippen molar-refractivity contribution in [3.8, 4) is 0 Å². The summed E-state index contributed by atoms with van der Waals surface area (Å²) >= 11 is 0. The monoisotopic (exact) mass is 307 g/mol. The number of ether oxygens (including phenoxy) is 1. The van der Waals surface area contributed by atoms with Crippen LogP contribution in [0.1, 0.15) is 39.4 Å². The molecule has 2 rings (SSSR count). The van der Waals surface area contributed by atoms with Crippen LogP contribution in [-0.2, 0) is 17.8 Å². The highest BCUT2D eigenvalue weighted by Crippen LogP contribution is 2.23. The zero-order valence-electron chi connectivity index (χ0n) is 14.2. The molecule has 0 spiro atoms. The van der Waals surface area contributed by atoms with Crippen LogP contribution in [-0.4, -0.2) is 41.3 Å². The maximum absolute atomic E-state index is 5.79. The minimum atomic E-state index is -0.0757. The second-order valence-electron chi connectivity index (χ2n) is 6.57. The molecule has 1 aromatic heterocycles. The normalized spacial score (nSPS) is 22.3. The van der Waals surface area contributed by atoms with Gasteiger partial charge in [0.05, 0.1) is 12.1 Å². The van der Waals surface area contributed by atoms with Gasteiger partial charge in [0, 0.05) is 39.1 Å². The summed E-state index contributed by atoms with van der Waals surface area (Å²) in [7, 11) is 1.79. The van der Waals surface area contributed by atoms with Gasteiger partial charge in [-0.05, 0) is 25.7 Å². The molecule has 1 fully saturated rings. The fourth-order valence-corrected chi connectivity index (χ4v) is 2.70. The Kier molecular flexibility index (Phi) is 5.83. The maximum Gasteiger partial charge on any atom is 0.191 e. The molecule has 1 aromatic rings. The van der Waals surface area contributed by atoms with E-state index in [-0.39, 0.29) is 5.60 Å². The Morgan fingerprint density at radius 2 is 2.32 bits per heavy atom. The number of nitrogens with one attached hydrogen (secondary N) is 2. The molecule has 22 heavy (non-hydrogen) atoms. The standard InChI is InChI=1S/C16H29N5O/c1-13(2)11-21-8-7-18-14(21)10-19-15(17-4)20-12-16(3)6-5-9-22-16/h7-8,13H,5-6,9-12H2,1-4H3,(H2,17,19,20). The second-order valence-corrected chi connectivity index (χ2v) is 6.57. The van der Waals surface area contributed by atoms with E-state index in [1.807, 2.05) is 12.4 Å². The molecule has 6 heteroatoms. The fourth-order valence-electron chi connectivity index (χ4n) is 2.70. The van der Waals surface area contributed by atoms with Crippen LogP contribution in [0.4, 0.5) is 0 Å². The summed E-state index contributed by atoms with van der Waals surface area (Å²) in [5, 5.41) is 6.68. The van der Waals surface area contributed by atoms with Crippen LogP contribution in [0.15, 0.2) is 17.4 Å². The van der Waals surface area contributed by atoms with Crippen molar-refractivity contribution in [1.82, 2.24) is 20.2 Å². The average Bonchev–Trinajstić information content (AvgIpc) is 3.08. The lowest BCUT2D eigenvalue weighted by atomic mass is 10.0. The molecule has 0 amide bonds. The zero-order valence-corrected chi connectivity index (χ0v) is 14.2. The first-order valence-electron chi connectivity index (χ1n) is 8.11. The Labute approximate surface area is 133 Å². The van der Waals surface area contributed by atoms with Gasteiger partial charge in [0.25, 0.3) is 0 Å². The number of hydrogen-bond acceptors (Lipinski definition) is 3. The van der Waals surface area contributed by atoms with Gasteiger partial charge in [-0.1, -0.05) is 13.8 Å². The predicted octanol–water partition coefficient (Wildman–Crippen LogP) is 1.77. The molecule has 0 saturated carbocycles. The van der Waals surface area contributed by atoms with Crippen molar-refractivity contribution in [2.45, 2.75) is 52.3 Å². The smallest absolute Gasteiger partial charge is 0.191 e. The SMILES string of the molecule is CN=C(NCc1nccn1CC(C)C)NCC1(C)CCCO1. The quantitative estimate of drug-likeness (QED) is 0.621. The highest BCUT2D eigenvalue weighted by atomic mass is 16.5. The Balaban J connectivity index is 1.82. The van der Waals surface area contributed by atoms with Crippen molar-refractivity contribution < 1.29 is 4.74 Å². The molecular formula is C16H29N5O. The molecule has 0 bridgehead atoms. The van der Waals surface area contributed by atoms with Crippen molar-refractivity contribution in [3.63, 3.8) is 0 Å². The molecular weight excluding hydrogens is 278 g/mol. The van der Waals surface area contributed by atoms with E-state index in [1.54, 1.807) is 7.05 Å². The van der Waals surface area contributed by atoms with Crippen LogP contribution in [0.5, 0.6) is 0 Å². The molecule has 0 radical (unpaired) electrons. The van der Waals surface area contributed by atoms with Crippen molar-refractivity contribution in [2.24, 2.45) is 10.9 Å². The van der Waals surface area contributed by atoms with Gasteiger partial charge in [-0.2, -0.15) is 0 Å². The minimum Gasteiger partial charge on any atom is -0.373 e. The number of hydrogen-bond donors (Lipinski definition) is 2. The second kappa shape index (κ2) is 7.63. The number of nitrogens with zero attached hydrogens (tertiary/aromatic N) is 3. The lowest BCUT2D eigenvalue weighted by Gasteiger charge is -2.24. The number of imidazole rings is 1. The average molecular weight is 307 g/mol. The third kappa shape index (κ3) is 4.73. The molecule has 6 nitrogen and oxygen atoms in total. The third-order valence-corrected chi connectivity index (χ3v) is 3.93. The Morgan fingerprint density at radius 3 is 2.95 bits per heavy atom. The molecule has 124 valence electrons. The number of rotatable bonds is 6. The fraction of sp³-hybridized carbons (Fsp3) is 0.750. The summed E-state index contributed by atoms with van der Waals surface area (Å²) in [5.41, 5.74) is -0.0757. The number of aromatic nitrogens is 2. The van der Waals surface area contributed by atoms with E-state index in [1.165, 1.54) is 0 Å². The van der Waals surface area contributed by atoms with Crippen LogP contribution in [0.25, 0.3) is 0 Å². The van der Waals surface area contributed by atoms with Crippen molar-refractivity contribution in [3.05, 3.63) is 18.2 Å². The van der Waals surface area contributed by atoms with Gasteiger partial charge >= 0.3 is 0 Å². The Bertz CT molecular complexity index is 488. The van der Waals surface area contributed by atoms with Crippen LogP contribution >= 0.6 is 0 Å². The van der Waals surface area contributed by atoms with Crippen LogP contribution in [0, 0.1) is 5.92 Å². The van der Waals surface area contributed by atoms with Gasteiger partial charge in [-0.15, -0.1) is 0 Å². The minimum absolute atomic E-state index is 0.0757. The van der Waals surface area contributed by atoms with Crippen LogP contribution in [0.3, 0.4) is 0 Å².